The van der Waals surface area contributed by atoms with Gasteiger partial charge < -0.3 is 4.74 Å². The molecule has 2 aliphatic carbocycles. The summed E-state index contributed by atoms with van der Waals surface area (Å²) < 4.78 is 6.30. The van der Waals surface area contributed by atoms with Crippen molar-refractivity contribution in [2.45, 2.75) is 69.9 Å². The van der Waals surface area contributed by atoms with E-state index in [-0.39, 0.29) is 0 Å². The number of hydrogen-bond acceptors (Lipinski definition) is 1. The largest absolute Gasteiger partial charge is 0.374 e. The maximum Gasteiger partial charge on any atom is 0.0651 e. The Morgan fingerprint density at radius 1 is 1.20 bits per heavy atom. The van der Waals surface area contributed by atoms with Gasteiger partial charge in [0.1, 0.15) is 0 Å². The standard InChI is InChI=1S/C13H23BrO/c1-9-6-4-5-7-10(9)15-12-8-11(14)13(12,2)3/h9-12H,4-8H2,1-3H3. The van der Waals surface area contributed by atoms with Crippen LogP contribution < -0.4 is 0 Å². The molecule has 15 heavy (non-hydrogen) atoms. The van der Waals surface area contributed by atoms with Gasteiger partial charge in [0, 0.05) is 10.2 Å². The van der Waals surface area contributed by atoms with Crippen molar-refractivity contribution in [3.63, 3.8) is 0 Å². The zero-order valence-corrected chi connectivity index (χ0v) is 11.7. The normalized spacial score (nSPS) is 44.8. The van der Waals surface area contributed by atoms with E-state index in [0.29, 0.717) is 22.5 Å². The van der Waals surface area contributed by atoms with Crippen LogP contribution in [0.2, 0.25) is 0 Å². The minimum atomic E-state index is 0.331. The van der Waals surface area contributed by atoms with Crippen LogP contribution in [0.15, 0.2) is 0 Å². The molecule has 4 unspecified atom stereocenters. The third-order valence-corrected chi connectivity index (χ3v) is 5.98. The summed E-state index contributed by atoms with van der Waals surface area (Å²) >= 11 is 3.72. The van der Waals surface area contributed by atoms with Gasteiger partial charge in [0.05, 0.1) is 12.2 Å². The van der Waals surface area contributed by atoms with Crippen LogP contribution in [0.3, 0.4) is 0 Å². The summed E-state index contributed by atoms with van der Waals surface area (Å²) in [5.41, 5.74) is 0.331. The molecule has 0 aliphatic heterocycles. The fourth-order valence-electron chi connectivity index (χ4n) is 2.76. The molecule has 0 spiro atoms. The molecule has 2 saturated carbocycles. The van der Waals surface area contributed by atoms with E-state index in [4.69, 9.17) is 4.74 Å². The first-order valence-electron chi connectivity index (χ1n) is 6.31. The molecule has 2 aliphatic rings. The lowest BCUT2D eigenvalue weighted by molar-refractivity contribution is -0.143. The third-order valence-electron chi connectivity index (χ3n) is 4.43. The van der Waals surface area contributed by atoms with Gasteiger partial charge in [-0.05, 0) is 25.2 Å². The van der Waals surface area contributed by atoms with Crippen LogP contribution in [0.25, 0.3) is 0 Å². The van der Waals surface area contributed by atoms with Crippen molar-refractivity contribution in [3.05, 3.63) is 0 Å². The van der Waals surface area contributed by atoms with Crippen molar-refractivity contribution < 1.29 is 4.74 Å². The molecular formula is C13H23BrO. The van der Waals surface area contributed by atoms with Crippen LogP contribution in [0.1, 0.15) is 52.9 Å². The minimum Gasteiger partial charge on any atom is -0.374 e. The van der Waals surface area contributed by atoms with E-state index in [1.165, 1.54) is 32.1 Å². The van der Waals surface area contributed by atoms with Crippen LogP contribution in [0, 0.1) is 11.3 Å². The van der Waals surface area contributed by atoms with E-state index < -0.39 is 0 Å². The molecule has 0 saturated heterocycles. The Bertz CT molecular complexity index is 225. The van der Waals surface area contributed by atoms with Gasteiger partial charge in [0.2, 0.25) is 0 Å². The van der Waals surface area contributed by atoms with Gasteiger partial charge in [-0.2, -0.15) is 0 Å². The predicted molar refractivity (Wildman–Crippen MR) is 67.4 cm³/mol. The zero-order chi connectivity index (χ0) is 11.1. The number of hydrogen-bond donors (Lipinski definition) is 0. The Labute approximate surface area is 102 Å². The average molecular weight is 275 g/mol. The smallest absolute Gasteiger partial charge is 0.0651 e. The second-order valence-electron chi connectivity index (χ2n) is 5.95. The van der Waals surface area contributed by atoms with E-state index in [2.05, 4.69) is 36.7 Å². The van der Waals surface area contributed by atoms with Crippen LogP contribution >= 0.6 is 15.9 Å². The van der Waals surface area contributed by atoms with Crippen molar-refractivity contribution in [2.24, 2.45) is 11.3 Å². The summed E-state index contributed by atoms with van der Waals surface area (Å²) in [6.45, 7) is 6.98. The first kappa shape index (κ1) is 11.9. The fraction of sp³-hybridized carbons (Fsp3) is 1.00. The lowest BCUT2D eigenvalue weighted by Gasteiger charge is -2.51. The molecule has 0 radical (unpaired) electrons. The molecule has 0 aromatic heterocycles. The summed E-state index contributed by atoms with van der Waals surface area (Å²) in [5.74, 6) is 0.768. The quantitative estimate of drug-likeness (QED) is 0.688. The summed E-state index contributed by atoms with van der Waals surface area (Å²) in [5, 5.41) is 0. The van der Waals surface area contributed by atoms with Crippen molar-refractivity contribution in [1.29, 1.82) is 0 Å². The highest BCUT2D eigenvalue weighted by Crippen LogP contribution is 2.48. The molecule has 88 valence electrons. The third kappa shape index (κ3) is 2.26. The zero-order valence-electron chi connectivity index (χ0n) is 10.1. The Hall–Kier alpha value is 0.440. The highest BCUT2D eigenvalue weighted by molar-refractivity contribution is 9.09. The highest BCUT2D eigenvalue weighted by Gasteiger charge is 2.48. The first-order valence-corrected chi connectivity index (χ1v) is 7.23. The molecule has 4 atom stereocenters. The Morgan fingerprint density at radius 3 is 2.40 bits per heavy atom. The maximum absolute atomic E-state index is 6.30. The lowest BCUT2D eigenvalue weighted by Crippen LogP contribution is -2.53. The summed E-state index contributed by atoms with van der Waals surface area (Å²) in [6.07, 6.45) is 7.60. The molecule has 2 fully saturated rings. The number of ether oxygens (including phenoxy) is 1. The highest BCUT2D eigenvalue weighted by atomic mass is 79.9. The van der Waals surface area contributed by atoms with Gasteiger partial charge in [-0.25, -0.2) is 0 Å². The van der Waals surface area contributed by atoms with Crippen LogP contribution in [-0.2, 0) is 4.74 Å². The van der Waals surface area contributed by atoms with Crippen LogP contribution in [0.4, 0.5) is 0 Å². The Morgan fingerprint density at radius 2 is 1.87 bits per heavy atom. The molecule has 0 aromatic rings. The molecule has 2 rings (SSSR count). The Kier molecular flexibility index (Phi) is 3.47. The van der Waals surface area contributed by atoms with Crippen LogP contribution in [0.5, 0.6) is 0 Å². The second-order valence-corrected chi connectivity index (χ2v) is 7.05. The van der Waals surface area contributed by atoms with Gasteiger partial charge in [-0.15, -0.1) is 0 Å². The number of alkyl halides is 1. The van der Waals surface area contributed by atoms with Gasteiger partial charge in [-0.3, -0.25) is 0 Å². The molecule has 0 heterocycles. The van der Waals surface area contributed by atoms with E-state index >= 15 is 0 Å². The van der Waals surface area contributed by atoms with Crippen molar-refractivity contribution in [3.8, 4) is 0 Å². The summed E-state index contributed by atoms with van der Waals surface area (Å²) in [7, 11) is 0. The van der Waals surface area contributed by atoms with Gasteiger partial charge >= 0.3 is 0 Å². The monoisotopic (exact) mass is 274 g/mol. The lowest BCUT2D eigenvalue weighted by atomic mass is 9.68. The summed E-state index contributed by atoms with van der Waals surface area (Å²) in [4.78, 5) is 0.647. The summed E-state index contributed by atoms with van der Waals surface area (Å²) in [6, 6.07) is 0. The van der Waals surface area contributed by atoms with E-state index in [1.807, 2.05) is 0 Å². The Balaban J connectivity index is 1.87. The molecule has 0 aromatic carbocycles. The van der Waals surface area contributed by atoms with Crippen LogP contribution in [-0.4, -0.2) is 17.0 Å². The van der Waals surface area contributed by atoms with E-state index in [9.17, 15) is 0 Å². The average Bonchev–Trinajstić information content (AvgIpc) is 2.20. The number of halogens is 1. The van der Waals surface area contributed by atoms with Gasteiger partial charge in [0.25, 0.3) is 0 Å². The van der Waals surface area contributed by atoms with Gasteiger partial charge in [-0.1, -0.05) is 49.5 Å². The molecule has 2 heteroatoms. The second kappa shape index (κ2) is 4.37. The predicted octanol–water partition coefficient (Wildman–Crippen LogP) is 4.14. The molecule has 1 nitrogen and oxygen atoms in total. The molecule has 0 N–H and O–H groups in total. The molecule has 0 bridgehead atoms. The fourth-order valence-corrected chi connectivity index (χ4v) is 3.40. The molecule has 0 amide bonds. The van der Waals surface area contributed by atoms with E-state index in [0.717, 1.165) is 5.92 Å². The van der Waals surface area contributed by atoms with Gasteiger partial charge in [0.15, 0.2) is 0 Å². The van der Waals surface area contributed by atoms with Crippen molar-refractivity contribution in [2.75, 3.05) is 0 Å². The first-order chi connectivity index (χ1) is 7.01. The SMILES string of the molecule is CC1CCCCC1OC1CC(Br)C1(C)C. The van der Waals surface area contributed by atoms with E-state index in [1.54, 1.807) is 0 Å². The molecular weight excluding hydrogens is 252 g/mol. The number of rotatable bonds is 2. The minimum absolute atomic E-state index is 0.331. The maximum atomic E-state index is 6.30. The van der Waals surface area contributed by atoms with Crippen molar-refractivity contribution >= 4 is 15.9 Å². The van der Waals surface area contributed by atoms with Crippen molar-refractivity contribution in [1.82, 2.24) is 0 Å². The topological polar surface area (TPSA) is 9.23 Å².